The normalized spacial score (nSPS) is 21.1. The van der Waals surface area contributed by atoms with Gasteiger partial charge in [0.2, 0.25) is 11.8 Å². The molecule has 1 aromatic carbocycles. The Labute approximate surface area is 170 Å². The second-order valence-electron chi connectivity index (χ2n) is 8.45. The molecule has 7 heteroatoms. The molecule has 2 aliphatic rings. The van der Waals surface area contributed by atoms with E-state index in [-0.39, 0.29) is 29.1 Å². The molecule has 0 aromatic heterocycles. The number of amides is 3. The lowest BCUT2D eigenvalue weighted by Crippen LogP contribution is -2.37. The number of anilines is 1. The van der Waals surface area contributed by atoms with E-state index in [1.165, 1.54) is 0 Å². The van der Waals surface area contributed by atoms with Gasteiger partial charge in [-0.25, -0.2) is 0 Å². The Morgan fingerprint density at radius 3 is 2.10 bits per heavy atom. The second-order valence-corrected chi connectivity index (χ2v) is 8.45. The van der Waals surface area contributed by atoms with Crippen LogP contribution in [-0.4, -0.2) is 41.7 Å². The average Bonchev–Trinajstić information content (AvgIpc) is 2.91. The van der Waals surface area contributed by atoms with Crippen molar-refractivity contribution >= 4 is 29.4 Å². The number of ether oxygens (including phenoxy) is 1. The van der Waals surface area contributed by atoms with E-state index in [0.717, 1.165) is 10.5 Å². The van der Waals surface area contributed by atoms with Gasteiger partial charge >= 0.3 is 5.97 Å². The summed E-state index contributed by atoms with van der Waals surface area (Å²) in [5.41, 5.74) is 1.74. The molecule has 1 aliphatic heterocycles. The van der Waals surface area contributed by atoms with Crippen LogP contribution < -0.4 is 5.32 Å². The van der Waals surface area contributed by atoms with Crippen molar-refractivity contribution in [3.63, 3.8) is 0 Å². The van der Waals surface area contributed by atoms with Crippen LogP contribution in [0.3, 0.4) is 0 Å². The maximum Gasteiger partial charge on any atom is 0.326 e. The number of rotatable bonds is 5. The molecule has 1 N–H and O–H groups in total. The molecule has 0 bridgehead atoms. The Hall–Kier alpha value is -2.96. The van der Waals surface area contributed by atoms with Gasteiger partial charge in [-0.3, -0.25) is 24.1 Å². The Morgan fingerprint density at radius 2 is 1.59 bits per heavy atom. The number of carbonyl (C=O) groups excluding carboxylic acids is 4. The molecule has 1 saturated heterocycles. The minimum atomic E-state index is -0.781. The fourth-order valence-electron chi connectivity index (χ4n) is 3.60. The molecule has 1 fully saturated rings. The summed E-state index contributed by atoms with van der Waals surface area (Å²) in [4.78, 5) is 49.7. The third-order valence-electron chi connectivity index (χ3n) is 5.29. The van der Waals surface area contributed by atoms with Crippen molar-refractivity contribution in [2.75, 3.05) is 18.5 Å². The first-order valence-electron chi connectivity index (χ1n) is 9.73. The van der Waals surface area contributed by atoms with Crippen molar-refractivity contribution in [1.29, 1.82) is 0 Å². The summed E-state index contributed by atoms with van der Waals surface area (Å²) in [5.74, 6) is -2.73. The third-order valence-corrected chi connectivity index (χ3v) is 5.29. The first kappa shape index (κ1) is 20.8. The van der Waals surface area contributed by atoms with Gasteiger partial charge in [-0.1, -0.05) is 45.1 Å². The van der Waals surface area contributed by atoms with Crippen LogP contribution in [0.4, 0.5) is 5.69 Å². The summed E-state index contributed by atoms with van der Waals surface area (Å²) in [7, 11) is 0. The predicted octanol–water partition coefficient (Wildman–Crippen LogP) is 2.42. The predicted molar refractivity (Wildman–Crippen MR) is 107 cm³/mol. The van der Waals surface area contributed by atoms with Gasteiger partial charge in [0, 0.05) is 5.69 Å². The highest BCUT2D eigenvalue weighted by atomic mass is 16.5. The summed E-state index contributed by atoms with van der Waals surface area (Å²) in [5, 5.41) is 2.66. The first-order chi connectivity index (χ1) is 13.7. The van der Waals surface area contributed by atoms with E-state index in [2.05, 4.69) is 26.1 Å². The zero-order chi connectivity index (χ0) is 21.2. The number of benzene rings is 1. The van der Waals surface area contributed by atoms with Crippen molar-refractivity contribution in [1.82, 2.24) is 4.90 Å². The van der Waals surface area contributed by atoms with Gasteiger partial charge in [-0.15, -0.1) is 0 Å². The van der Waals surface area contributed by atoms with Crippen molar-refractivity contribution in [3.05, 3.63) is 42.0 Å². The fourth-order valence-corrected chi connectivity index (χ4v) is 3.60. The molecule has 3 amide bonds. The van der Waals surface area contributed by atoms with Gasteiger partial charge < -0.3 is 10.1 Å². The number of nitrogens with one attached hydrogen (secondary N) is 1. The molecule has 0 radical (unpaired) electrons. The highest BCUT2D eigenvalue weighted by Crippen LogP contribution is 2.34. The molecule has 154 valence electrons. The van der Waals surface area contributed by atoms with Crippen LogP contribution in [0.5, 0.6) is 0 Å². The lowest BCUT2D eigenvalue weighted by atomic mass is 9.85. The molecule has 0 unspecified atom stereocenters. The van der Waals surface area contributed by atoms with Crippen LogP contribution in [0.25, 0.3) is 0 Å². The average molecular weight is 398 g/mol. The van der Waals surface area contributed by atoms with Gasteiger partial charge in [0.25, 0.3) is 5.91 Å². The van der Waals surface area contributed by atoms with Crippen molar-refractivity contribution < 1.29 is 23.9 Å². The van der Waals surface area contributed by atoms with Crippen molar-refractivity contribution in [2.45, 2.75) is 39.0 Å². The number of fused-ring (bicyclic) bond motifs is 1. The highest BCUT2D eigenvalue weighted by molar-refractivity contribution is 6.07. The number of esters is 1. The summed E-state index contributed by atoms with van der Waals surface area (Å²) < 4.78 is 4.95. The summed E-state index contributed by atoms with van der Waals surface area (Å²) in [6.45, 7) is 5.35. The van der Waals surface area contributed by atoms with Crippen molar-refractivity contribution in [2.24, 2.45) is 11.8 Å². The molecule has 0 saturated carbocycles. The number of carbonyl (C=O) groups is 4. The Morgan fingerprint density at radius 1 is 1.03 bits per heavy atom. The van der Waals surface area contributed by atoms with E-state index in [1.807, 2.05) is 24.3 Å². The SMILES string of the molecule is CC(C)(C)c1ccc(NC(=O)COC(=O)CN2C(=O)[C@@H]3CC=CC[C@H]3C2=O)cc1. The fraction of sp³-hybridized carbons (Fsp3) is 0.455. The molecular formula is C22H26N2O5. The van der Waals surface area contributed by atoms with Crippen LogP contribution in [0.1, 0.15) is 39.2 Å². The lowest BCUT2D eigenvalue weighted by molar-refractivity contribution is -0.154. The van der Waals surface area contributed by atoms with E-state index < -0.39 is 25.0 Å². The largest absolute Gasteiger partial charge is 0.454 e. The van der Waals surface area contributed by atoms with Crippen LogP contribution in [0.15, 0.2) is 36.4 Å². The molecule has 1 heterocycles. The minimum absolute atomic E-state index is 0.01000. The topological polar surface area (TPSA) is 92.8 Å². The molecule has 29 heavy (non-hydrogen) atoms. The maximum atomic E-state index is 12.3. The lowest BCUT2D eigenvalue weighted by Gasteiger charge is -2.19. The molecule has 1 aliphatic carbocycles. The quantitative estimate of drug-likeness (QED) is 0.467. The number of hydrogen-bond donors (Lipinski definition) is 1. The van der Waals surface area contributed by atoms with Gasteiger partial charge in [0.1, 0.15) is 6.54 Å². The smallest absolute Gasteiger partial charge is 0.326 e. The molecule has 1 aromatic rings. The molecule has 0 spiro atoms. The number of likely N-dealkylation sites (tertiary alicyclic amines) is 1. The molecular weight excluding hydrogens is 372 g/mol. The minimum Gasteiger partial charge on any atom is -0.454 e. The van der Waals surface area contributed by atoms with Gasteiger partial charge in [0.05, 0.1) is 11.8 Å². The van der Waals surface area contributed by atoms with E-state index in [1.54, 1.807) is 12.1 Å². The Bertz CT molecular complexity index is 825. The summed E-state index contributed by atoms with van der Waals surface area (Å²) in [6, 6.07) is 7.44. The van der Waals surface area contributed by atoms with Crippen LogP contribution >= 0.6 is 0 Å². The van der Waals surface area contributed by atoms with Crippen molar-refractivity contribution in [3.8, 4) is 0 Å². The summed E-state index contributed by atoms with van der Waals surface area (Å²) in [6.07, 6.45) is 4.79. The standard InChI is InChI=1S/C22H26N2O5/c1-22(2,3)14-8-10-15(11-9-14)23-18(25)13-29-19(26)12-24-20(27)16-6-4-5-7-17(16)21(24)28/h4-5,8-11,16-17H,6-7,12-13H2,1-3H3,(H,23,25)/t16-,17-/m1/s1. The second kappa shape index (κ2) is 8.19. The molecule has 7 nitrogen and oxygen atoms in total. The van der Waals surface area contributed by atoms with E-state index in [9.17, 15) is 19.2 Å². The third kappa shape index (κ3) is 4.72. The maximum absolute atomic E-state index is 12.3. The number of allylic oxidation sites excluding steroid dienone is 2. The number of hydrogen-bond acceptors (Lipinski definition) is 5. The van der Waals surface area contributed by atoms with Crippen LogP contribution in [0, 0.1) is 11.8 Å². The zero-order valence-electron chi connectivity index (χ0n) is 16.9. The van der Waals surface area contributed by atoms with E-state index >= 15 is 0 Å². The number of imide groups is 1. The van der Waals surface area contributed by atoms with Gasteiger partial charge in [-0.2, -0.15) is 0 Å². The Balaban J connectivity index is 1.47. The summed E-state index contributed by atoms with van der Waals surface area (Å²) >= 11 is 0. The first-order valence-corrected chi connectivity index (χ1v) is 9.73. The highest BCUT2D eigenvalue weighted by Gasteiger charge is 2.47. The van der Waals surface area contributed by atoms with Crippen LogP contribution in [-0.2, 0) is 29.3 Å². The molecule has 2 atom stereocenters. The molecule has 3 rings (SSSR count). The van der Waals surface area contributed by atoms with Crippen LogP contribution in [0.2, 0.25) is 0 Å². The van der Waals surface area contributed by atoms with E-state index in [4.69, 9.17) is 4.74 Å². The van der Waals surface area contributed by atoms with Gasteiger partial charge in [0.15, 0.2) is 6.61 Å². The Kier molecular flexibility index (Phi) is 5.86. The monoisotopic (exact) mass is 398 g/mol. The number of nitrogens with zero attached hydrogens (tertiary/aromatic N) is 1. The van der Waals surface area contributed by atoms with Gasteiger partial charge in [-0.05, 0) is 36.0 Å². The zero-order valence-corrected chi connectivity index (χ0v) is 16.9. The van der Waals surface area contributed by atoms with E-state index in [0.29, 0.717) is 18.5 Å².